The van der Waals surface area contributed by atoms with E-state index in [2.05, 4.69) is 9.97 Å². The van der Waals surface area contributed by atoms with Crippen LogP contribution >= 0.6 is 0 Å². The Morgan fingerprint density at radius 1 is 1.21 bits per heavy atom. The summed E-state index contributed by atoms with van der Waals surface area (Å²) in [4.78, 5) is 42.1. The Hall–Kier alpha value is -2.83. The summed E-state index contributed by atoms with van der Waals surface area (Å²) in [6.45, 7) is 6.79. The number of ketones is 1. The van der Waals surface area contributed by atoms with Crippen LogP contribution in [0.3, 0.4) is 0 Å². The number of ether oxygens (including phenoxy) is 2. The quantitative estimate of drug-likeness (QED) is 0.625. The molecule has 0 aliphatic rings. The number of carbonyl (C=O) groups excluding carboxylic acids is 3. The molecule has 1 atom stereocenters. The molecule has 0 fully saturated rings. The summed E-state index contributed by atoms with van der Waals surface area (Å²) in [6, 6.07) is 3.22. The number of hydrogen-bond acceptors (Lipinski definition) is 5. The number of aromatic amines is 2. The first-order chi connectivity index (χ1) is 11.4. The van der Waals surface area contributed by atoms with Crippen molar-refractivity contribution >= 4 is 17.7 Å². The van der Waals surface area contributed by atoms with Gasteiger partial charge in [-0.1, -0.05) is 0 Å². The number of aryl methyl sites for hydroxylation is 1. The van der Waals surface area contributed by atoms with E-state index in [-0.39, 0.29) is 18.0 Å². The first-order valence-electron chi connectivity index (χ1n) is 7.61. The Morgan fingerprint density at radius 2 is 1.92 bits per heavy atom. The molecule has 128 valence electrons. The van der Waals surface area contributed by atoms with Crippen LogP contribution in [0, 0.1) is 13.8 Å². The van der Waals surface area contributed by atoms with Crippen molar-refractivity contribution in [3.8, 4) is 0 Å². The van der Waals surface area contributed by atoms with E-state index in [0.29, 0.717) is 16.8 Å². The third kappa shape index (κ3) is 3.40. The second kappa shape index (κ2) is 7.16. The van der Waals surface area contributed by atoms with E-state index in [1.54, 1.807) is 39.1 Å². The highest BCUT2D eigenvalue weighted by Crippen LogP contribution is 2.21. The molecule has 2 aromatic rings. The zero-order chi connectivity index (χ0) is 17.9. The molecule has 7 nitrogen and oxygen atoms in total. The van der Waals surface area contributed by atoms with Crippen LogP contribution < -0.4 is 0 Å². The summed E-state index contributed by atoms with van der Waals surface area (Å²) in [5.74, 6) is -1.52. The summed E-state index contributed by atoms with van der Waals surface area (Å²) < 4.78 is 10.2. The average Bonchev–Trinajstić information content (AvgIpc) is 3.15. The first-order valence-corrected chi connectivity index (χ1v) is 7.61. The summed E-state index contributed by atoms with van der Waals surface area (Å²) in [5.41, 5.74) is 1.86. The maximum absolute atomic E-state index is 12.5. The molecule has 0 aliphatic carbocycles. The first kappa shape index (κ1) is 17.5. The number of rotatable bonds is 6. The van der Waals surface area contributed by atoms with Gasteiger partial charge in [-0.3, -0.25) is 4.79 Å². The van der Waals surface area contributed by atoms with Crippen molar-refractivity contribution in [3.05, 3.63) is 46.5 Å². The molecule has 0 aromatic carbocycles. The molecule has 0 spiro atoms. The molecule has 0 radical (unpaired) electrons. The molecule has 0 bridgehead atoms. The zero-order valence-corrected chi connectivity index (χ0v) is 14.1. The van der Waals surface area contributed by atoms with Crippen molar-refractivity contribution in [2.24, 2.45) is 0 Å². The predicted molar refractivity (Wildman–Crippen MR) is 86.2 cm³/mol. The maximum Gasteiger partial charge on any atom is 0.355 e. The molecule has 0 unspecified atom stereocenters. The fourth-order valence-electron chi connectivity index (χ4n) is 2.44. The smallest absolute Gasteiger partial charge is 0.355 e. The van der Waals surface area contributed by atoms with Crippen LogP contribution in [-0.2, 0) is 9.47 Å². The molecule has 24 heavy (non-hydrogen) atoms. The standard InChI is InChI=1S/C17H20N2O5/c1-5-23-17(22)13-9(2)14(19-10(13)3)15(20)11(4)24-16(21)12-7-6-8-18-12/h6-8,11,18-19H,5H2,1-4H3/t11-/m1/s1. The minimum absolute atomic E-state index is 0.238. The highest BCUT2D eigenvalue weighted by Gasteiger charge is 2.27. The number of carbonyl (C=O) groups is 3. The Bertz CT molecular complexity index is 758. The van der Waals surface area contributed by atoms with Crippen LogP contribution in [0.5, 0.6) is 0 Å². The van der Waals surface area contributed by atoms with Gasteiger partial charge in [-0.25, -0.2) is 9.59 Å². The number of H-pyrrole nitrogens is 2. The van der Waals surface area contributed by atoms with Crippen molar-refractivity contribution < 1.29 is 23.9 Å². The molecule has 0 aliphatic heterocycles. The van der Waals surface area contributed by atoms with Gasteiger partial charge in [-0.05, 0) is 45.4 Å². The Kier molecular flexibility index (Phi) is 5.23. The molecular weight excluding hydrogens is 312 g/mol. The van der Waals surface area contributed by atoms with Gasteiger partial charge in [-0.2, -0.15) is 0 Å². The molecule has 2 aromatic heterocycles. The lowest BCUT2D eigenvalue weighted by atomic mass is 10.1. The maximum atomic E-state index is 12.5. The number of hydrogen-bond donors (Lipinski definition) is 2. The van der Waals surface area contributed by atoms with Crippen LogP contribution in [-0.4, -0.2) is 40.4 Å². The van der Waals surface area contributed by atoms with E-state index >= 15 is 0 Å². The van der Waals surface area contributed by atoms with Crippen molar-refractivity contribution in [2.45, 2.75) is 33.8 Å². The largest absolute Gasteiger partial charge is 0.462 e. The topological polar surface area (TPSA) is 101 Å². The van der Waals surface area contributed by atoms with Crippen LogP contribution in [0.25, 0.3) is 0 Å². The van der Waals surface area contributed by atoms with Crippen molar-refractivity contribution in [3.63, 3.8) is 0 Å². The third-order valence-electron chi connectivity index (χ3n) is 3.63. The summed E-state index contributed by atoms with van der Waals surface area (Å²) in [5, 5.41) is 0. The number of aromatic nitrogens is 2. The van der Waals surface area contributed by atoms with Crippen molar-refractivity contribution in [1.29, 1.82) is 0 Å². The Morgan fingerprint density at radius 3 is 2.50 bits per heavy atom. The summed E-state index contributed by atoms with van der Waals surface area (Å²) in [7, 11) is 0. The third-order valence-corrected chi connectivity index (χ3v) is 3.63. The SMILES string of the molecule is CCOC(=O)c1c(C)[nH]c(C(=O)[C@@H](C)OC(=O)c2ccc[nH]2)c1C. The lowest BCUT2D eigenvalue weighted by Crippen LogP contribution is -2.25. The van der Waals surface area contributed by atoms with Gasteiger partial charge < -0.3 is 19.4 Å². The van der Waals surface area contributed by atoms with Crippen LogP contribution in [0.4, 0.5) is 0 Å². The van der Waals surface area contributed by atoms with Gasteiger partial charge in [-0.15, -0.1) is 0 Å². The van der Waals surface area contributed by atoms with E-state index in [1.165, 1.54) is 6.92 Å². The van der Waals surface area contributed by atoms with Gasteiger partial charge in [0.1, 0.15) is 5.69 Å². The molecule has 0 saturated heterocycles. The van der Waals surface area contributed by atoms with E-state index in [9.17, 15) is 14.4 Å². The van der Waals surface area contributed by atoms with Gasteiger partial charge in [0, 0.05) is 11.9 Å². The number of Topliss-reactive ketones (excluding diaryl/α,β-unsaturated/α-hetero) is 1. The molecule has 7 heteroatoms. The van der Waals surface area contributed by atoms with Crippen LogP contribution in [0.2, 0.25) is 0 Å². The van der Waals surface area contributed by atoms with E-state index < -0.39 is 23.8 Å². The minimum Gasteiger partial charge on any atom is -0.462 e. The van der Waals surface area contributed by atoms with Gasteiger partial charge >= 0.3 is 11.9 Å². The van der Waals surface area contributed by atoms with Crippen molar-refractivity contribution in [2.75, 3.05) is 6.61 Å². The number of esters is 2. The van der Waals surface area contributed by atoms with Crippen LogP contribution in [0.15, 0.2) is 18.3 Å². The summed E-state index contributed by atoms with van der Waals surface area (Å²) in [6.07, 6.45) is 0.597. The van der Waals surface area contributed by atoms with Gasteiger partial charge in [0.05, 0.1) is 17.9 Å². The van der Waals surface area contributed by atoms with E-state index in [1.807, 2.05) is 0 Å². The number of nitrogens with one attached hydrogen (secondary N) is 2. The van der Waals surface area contributed by atoms with E-state index in [0.717, 1.165) is 0 Å². The minimum atomic E-state index is -0.993. The fraction of sp³-hybridized carbons (Fsp3) is 0.353. The molecule has 0 saturated carbocycles. The Balaban J connectivity index is 2.19. The molecular formula is C17H20N2O5. The zero-order valence-electron chi connectivity index (χ0n) is 14.1. The molecule has 0 amide bonds. The second-order valence-corrected chi connectivity index (χ2v) is 5.34. The van der Waals surface area contributed by atoms with E-state index in [4.69, 9.17) is 9.47 Å². The molecule has 2 rings (SSSR count). The van der Waals surface area contributed by atoms with Gasteiger partial charge in [0.15, 0.2) is 6.10 Å². The molecule has 2 N–H and O–H groups in total. The highest BCUT2D eigenvalue weighted by molar-refractivity contribution is 6.04. The van der Waals surface area contributed by atoms with Crippen LogP contribution in [0.1, 0.15) is 56.4 Å². The Labute approximate surface area is 139 Å². The normalized spacial score (nSPS) is 11.8. The predicted octanol–water partition coefficient (Wildman–Crippen LogP) is 2.56. The average molecular weight is 332 g/mol. The highest BCUT2D eigenvalue weighted by atomic mass is 16.5. The lowest BCUT2D eigenvalue weighted by Gasteiger charge is -2.11. The van der Waals surface area contributed by atoms with Gasteiger partial charge in [0.25, 0.3) is 0 Å². The van der Waals surface area contributed by atoms with Gasteiger partial charge in [0.2, 0.25) is 5.78 Å². The monoisotopic (exact) mass is 332 g/mol. The second-order valence-electron chi connectivity index (χ2n) is 5.34. The fourth-order valence-corrected chi connectivity index (χ4v) is 2.44. The lowest BCUT2D eigenvalue weighted by molar-refractivity contribution is 0.0311. The summed E-state index contributed by atoms with van der Waals surface area (Å²) >= 11 is 0. The molecule has 2 heterocycles. The van der Waals surface area contributed by atoms with Crippen molar-refractivity contribution in [1.82, 2.24) is 9.97 Å².